The Morgan fingerprint density at radius 2 is 1.50 bits per heavy atom. The second-order valence-corrected chi connectivity index (χ2v) is 11.4. The molecule has 30 heavy (non-hydrogen) atoms. The molecule has 1 aromatic heterocycles. The minimum Gasteiger partial charge on any atom is -0.507 e. The van der Waals surface area contributed by atoms with Crippen molar-refractivity contribution in [3.05, 3.63) is 33.6 Å². The molecule has 1 aliphatic rings. The predicted octanol–water partition coefficient (Wildman–Crippen LogP) is 6.10. The minimum absolute atomic E-state index is 0. The molecule has 0 saturated carbocycles. The first kappa shape index (κ1) is 25.1. The van der Waals surface area contributed by atoms with Gasteiger partial charge >= 0.3 is 0 Å². The number of aromatic nitrogens is 1. The normalized spacial score (nSPS) is 17.1. The van der Waals surface area contributed by atoms with Gasteiger partial charge in [0, 0.05) is 35.3 Å². The lowest BCUT2D eigenvalue weighted by Gasteiger charge is -2.41. The van der Waals surface area contributed by atoms with Crippen LogP contribution in [0.2, 0.25) is 0 Å². The monoisotopic (exact) mass is 452 g/mol. The summed E-state index contributed by atoms with van der Waals surface area (Å²) in [7, 11) is 4.28. The third-order valence-electron chi connectivity index (χ3n) is 6.10. The lowest BCUT2D eigenvalue weighted by molar-refractivity contribution is -0.0106. The van der Waals surface area contributed by atoms with Crippen molar-refractivity contribution in [2.75, 3.05) is 27.3 Å². The van der Waals surface area contributed by atoms with E-state index in [0.717, 1.165) is 53.4 Å². The van der Waals surface area contributed by atoms with Crippen LogP contribution < -0.4 is 0 Å². The highest BCUT2D eigenvalue weighted by molar-refractivity contribution is 7.10. The molecule has 0 atom stereocenters. The fourth-order valence-electron chi connectivity index (χ4n) is 4.11. The molecule has 0 bridgehead atoms. The first-order valence-corrected chi connectivity index (χ1v) is 11.3. The minimum atomic E-state index is -0.148. The van der Waals surface area contributed by atoms with Crippen LogP contribution in [0.5, 0.6) is 5.75 Å². The summed E-state index contributed by atoms with van der Waals surface area (Å²) in [5.41, 5.74) is 3.67. The third kappa shape index (κ3) is 4.69. The molecule has 0 spiro atoms. The Morgan fingerprint density at radius 1 is 1.00 bits per heavy atom. The van der Waals surface area contributed by atoms with Gasteiger partial charge < -0.3 is 9.84 Å². The SMILES string of the molecule is CN(C)C1(c2nc(-c3cc(C(C)(C)C)c(O)c(C(C)(C)C)c3)cs2)CCOCC1.Cl. The fourth-order valence-corrected chi connectivity index (χ4v) is 5.28. The molecular formula is C24H37ClN2O2S. The van der Waals surface area contributed by atoms with Gasteiger partial charge in [-0.1, -0.05) is 41.5 Å². The quantitative estimate of drug-likeness (QED) is 0.611. The molecule has 2 heterocycles. The number of phenolic OH excluding ortho intramolecular Hbond substituents is 1. The average Bonchev–Trinajstić information content (AvgIpc) is 3.11. The average molecular weight is 453 g/mol. The zero-order chi connectivity index (χ0) is 21.6. The van der Waals surface area contributed by atoms with E-state index in [1.54, 1.807) is 11.3 Å². The number of rotatable bonds is 3. The molecule has 6 heteroatoms. The number of hydrogen-bond donors (Lipinski definition) is 1. The van der Waals surface area contributed by atoms with Gasteiger partial charge in [-0.3, -0.25) is 4.90 Å². The largest absolute Gasteiger partial charge is 0.507 e. The first-order chi connectivity index (χ1) is 13.4. The molecule has 1 aliphatic heterocycles. The lowest BCUT2D eigenvalue weighted by atomic mass is 9.78. The van der Waals surface area contributed by atoms with Crippen molar-refractivity contribution in [1.29, 1.82) is 0 Å². The number of thiazole rings is 1. The van der Waals surface area contributed by atoms with E-state index in [4.69, 9.17) is 9.72 Å². The maximum absolute atomic E-state index is 11.0. The summed E-state index contributed by atoms with van der Waals surface area (Å²) in [5, 5.41) is 14.3. The van der Waals surface area contributed by atoms with Crippen molar-refractivity contribution in [3.63, 3.8) is 0 Å². The molecule has 3 rings (SSSR count). The van der Waals surface area contributed by atoms with Crippen LogP contribution in [0, 0.1) is 0 Å². The third-order valence-corrected chi connectivity index (χ3v) is 7.14. The molecule has 1 N–H and O–H groups in total. The molecular weight excluding hydrogens is 416 g/mol. The van der Waals surface area contributed by atoms with E-state index in [1.165, 1.54) is 0 Å². The van der Waals surface area contributed by atoms with Crippen LogP contribution in [0.25, 0.3) is 11.3 Å². The Kier molecular flexibility index (Phi) is 7.35. The summed E-state index contributed by atoms with van der Waals surface area (Å²) in [6.07, 6.45) is 1.92. The second-order valence-electron chi connectivity index (χ2n) is 10.5. The van der Waals surface area contributed by atoms with Crippen LogP contribution in [0.15, 0.2) is 17.5 Å². The van der Waals surface area contributed by atoms with Crippen LogP contribution in [0.4, 0.5) is 0 Å². The number of hydrogen-bond acceptors (Lipinski definition) is 5. The Morgan fingerprint density at radius 3 is 1.93 bits per heavy atom. The number of nitrogens with zero attached hydrogens (tertiary/aromatic N) is 2. The molecule has 2 aromatic rings. The summed E-state index contributed by atoms with van der Waals surface area (Å²) in [6, 6.07) is 4.24. The van der Waals surface area contributed by atoms with E-state index in [2.05, 4.69) is 78.1 Å². The van der Waals surface area contributed by atoms with Gasteiger partial charge in [0.15, 0.2) is 0 Å². The molecule has 0 amide bonds. The van der Waals surface area contributed by atoms with Crippen LogP contribution >= 0.6 is 23.7 Å². The molecule has 168 valence electrons. The topological polar surface area (TPSA) is 45.6 Å². The Bertz CT molecular complexity index is 837. The summed E-state index contributed by atoms with van der Waals surface area (Å²) in [6.45, 7) is 14.4. The van der Waals surface area contributed by atoms with Crippen molar-refractivity contribution in [1.82, 2.24) is 9.88 Å². The van der Waals surface area contributed by atoms with Gasteiger partial charge in [0.2, 0.25) is 0 Å². The molecule has 0 aliphatic carbocycles. The van der Waals surface area contributed by atoms with E-state index < -0.39 is 0 Å². The Hall–Kier alpha value is -1.14. The zero-order valence-electron chi connectivity index (χ0n) is 19.6. The van der Waals surface area contributed by atoms with Crippen LogP contribution in [-0.4, -0.2) is 42.3 Å². The Labute approximate surface area is 192 Å². The van der Waals surface area contributed by atoms with Crippen molar-refractivity contribution in [2.45, 2.75) is 70.8 Å². The van der Waals surface area contributed by atoms with Crippen molar-refractivity contribution >= 4 is 23.7 Å². The molecule has 1 saturated heterocycles. The van der Waals surface area contributed by atoms with E-state index in [9.17, 15) is 5.11 Å². The molecule has 4 nitrogen and oxygen atoms in total. The summed E-state index contributed by atoms with van der Waals surface area (Å²) in [4.78, 5) is 7.41. The van der Waals surface area contributed by atoms with E-state index in [0.29, 0.717) is 5.75 Å². The summed E-state index contributed by atoms with van der Waals surface area (Å²) >= 11 is 1.74. The first-order valence-electron chi connectivity index (χ1n) is 10.5. The van der Waals surface area contributed by atoms with Gasteiger partial charge in [-0.15, -0.1) is 23.7 Å². The standard InChI is InChI=1S/C24H36N2O2S.ClH/c1-22(2,3)17-13-16(14-18(20(17)27)23(4,5)6)19-15-29-21(25-19)24(26(7)8)9-11-28-12-10-24;/h13-15,27H,9-12H2,1-8H3;1H. The van der Waals surface area contributed by atoms with Gasteiger partial charge in [-0.25, -0.2) is 4.98 Å². The Balaban J connectivity index is 0.00000320. The van der Waals surface area contributed by atoms with E-state index in [-0.39, 0.29) is 28.8 Å². The highest BCUT2D eigenvalue weighted by atomic mass is 35.5. The van der Waals surface area contributed by atoms with Crippen LogP contribution in [0.1, 0.15) is 70.5 Å². The maximum Gasteiger partial charge on any atom is 0.123 e. The smallest absolute Gasteiger partial charge is 0.123 e. The molecule has 0 unspecified atom stereocenters. The molecule has 1 fully saturated rings. The zero-order valence-corrected chi connectivity index (χ0v) is 21.3. The molecule has 0 radical (unpaired) electrons. The van der Waals surface area contributed by atoms with Gasteiger partial charge in [0.05, 0.1) is 11.2 Å². The highest BCUT2D eigenvalue weighted by Crippen LogP contribution is 2.44. The van der Waals surface area contributed by atoms with Crippen molar-refractivity contribution in [2.24, 2.45) is 0 Å². The number of phenols is 1. The molecule has 1 aromatic carbocycles. The van der Waals surface area contributed by atoms with Crippen molar-refractivity contribution in [3.8, 4) is 17.0 Å². The van der Waals surface area contributed by atoms with Gasteiger partial charge in [-0.2, -0.15) is 0 Å². The summed E-state index contributed by atoms with van der Waals surface area (Å²) < 4.78 is 5.63. The fraction of sp³-hybridized carbons (Fsp3) is 0.625. The second kappa shape index (κ2) is 8.78. The van der Waals surface area contributed by atoms with Crippen LogP contribution in [-0.2, 0) is 21.1 Å². The lowest BCUT2D eigenvalue weighted by Crippen LogP contribution is -2.45. The number of aromatic hydroxyl groups is 1. The van der Waals surface area contributed by atoms with Crippen molar-refractivity contribution < 1.29 is 9.84 Å². The van der Waals surface area contributed by atoms with E-state index >= 15 is 0 Å². The van der Waals surface area contributed by atoms with E-state index in [1.807, 2.05) is 0 Å². The number of ether oxygens (including phenoxy) is 1. The summed E-state index contributed by atoms with van der Waals surface area (Å²) in [5.74, 6) is 0.415. The van der Waals surface area contributed by atoms with Gasteiger partial charge in [-0.05, 0) is 49.9 Å². The number of halogens is 1. The maximum atomic E-state index is 11.0. The van der Waals surface area contributed by atoms with Gasteiger partial charge in [0.1, 0.15) is 10.8 Å². The van der Waals surface area contributed by atoms with Crippen LogP contribution in [0.3, 0.4) is 0 Å². The predicted molar refractivity (Wildman–Crippen MR) is 129 cm³/mol. The highest BCUT2D eigenvalue weighted by Gasteiger charge is 2.39. The van der Waals surface area contributed by atoms with Gasteiger partial charge in [0.25, 0.3) is 0 Å². The number of benzene rings is 1.